The standard InChI is InChI=1S/C13H16F3N3O/c1-7(8-3-4-8)19(2)12-9(11(17)20)5-6-10(18-12)13(14,15)16/h5-8H,3-4H2,1-2H3,(H2,17,20). The zero-order valence-electron chi connectivity index (χ0n) is 11.2. The van der Waals surface area contributed by atoms with E-state index in [9.17, 15) is 18.0 Å². The van der Waals surface area contributed by atoms with E-state index in [0.29, 0.717) is 5.92 Å². The molecule has 1 aliphatic rings. The largest absolute Gasteiger partial charge is 0.433 e. The lowest BCUT2D eigenvalue weighted by atomic mass is 10.1. The molecule has 0 aliphatic heterocycles. The van der Waals surface area contributed by atoms with Gasteiger partial charge in [-0.25, -0.2) is 4.98 Å². The van der Waals surface area contributed by atoms with E-state index in [1.165, 1.54) is 0 Å². The van der Waals surface area contributed by atoms with Crippen LogP contribution in [-0.4, -0.2) is 24.0 Å². The van der Waals surface area contributed by atoms with E-state index in [1.54, 1.807) is 11.9 Å². The van der Waals surface area contributed by atoms with Crippen LogP contribution in [0.25, 0.3) is 0 Å². The molecule has 1 fully saturated rings. The summed E-state index contributed by atoms with van der Waals surface area (Å²) in [6, 6.07) is 1.88. The Morgan fingerprint density at radius 3 is 2.50 bits per heavy atom. The van der Waals surface area contributed by atoms with Gasteiger partial charge in [-0.3, -0.25) is 4.79 Å². The summed E-state index contributed by atoms with van der Waals surface area (Å²) in [6.45, 7) is 1.91. The smallest absolute Gasteiger partial charge is 0.365 e. The van der Waals surface area contributed by atoms with Crippen molar-refractivity contribution in [3.05, 3.63) is 23.4 Å². The van der Waals surface area contributed by atoms with E-state index in [4.69, 9.17) is 5.73 Å². The van der Waals surface area contributed by atoms with Crippen molar-refractivity contribution in [2.75, 3.05) is 11.9 Å². The van der Waals surface area contributed by atoms with Crippen LogP contribution in [0.3, 0.4) is 0 Å². The highest BCUT2D eigenvalue weighted by molar-refractivity contribution is 5.97. The number of rotatable bonds is 4. The molecular weight excluding hydrogens is 271 g/mol. The van der Waals surface area contributed by atoms with Gasteiger partial charge in [-0.15, -0.1) is 0 Å². The molecule has 0 radical (unpaired) electrons. The monoisotopic (exact) mass is 287 g/mol. The van der Waals surface area contributed by atoms with Crippen LogP contribution in [0.5, 0.6) is 0 Å². The molecule has 0 spiro atoms. The first-order valence-electron chi connectivity index (χ1n) is 6.32. The third-order valence-corrected chi connectivity index (χ3v) is 3.68. The zero-order valence-corrected chi connectivity index (χ0v) is 11.2. The predicted octanol–water partition coefficient (Wildman–Crippen LogP) is 2.43. The van der Waals surface area contributed by atoms with Gasteiger partial charge in [0.1, 0.15) is 11.5 Å². The molecule has 1 unspecified atom stereocenters. The highest BCUT2D eigenvalue weighted by atomic mass is 19.4. The fraction of sp³-hybridized carbons (Fsp3) is 0.538. The van der Waals surface area contributed by atoms with Crippen LogP contribution in [0.2, 0.25) is 0 Å². The molecule has 2 rings (SSSR count). The Hall–Kier alpha value is -1.79. The number of aromatic nitrogens is 1. The number of hydrogen-bond acceptors (Lipinski definition) is 3. The summed E-state index contributed by atoms with van der Waals surface area (Å²) in [5, 5.41) is 0. The fourth-order valence-electron chi connectivity index (χ4n) is 2.16. The molecule has 2 N–H and O–H groups in total. The van der Waals surface area contributed by atoms with Gasteiger partial charge < -0.3 is 10.6 Å². The number of pyridine rings is 1. The SMILES string of the molecule is CC(C1CC1)N(C)c1nc(C(F)(F)F)ccc1C(N)=O. The third-order valence-electron chi connectivity index (χ3n) is 3.68. The summed E-state index contributed by atoms with van der Waals surface area (Å²) in [5.41, 5.74) is 4.20. The molecule has 7 heteroatoms. The van der Waals surface area contributed by atoms with E-state index in [0.717, 1.165) is 25.0 Å². The number of hydrogen-bond donors (Lipinski definition) is 1. The van der Waals surface area contributed by atoms with Crippen molar-refractivity contribution in [3.8, 4) is 0 Å². The molecule has 1 amide bonds. The summed E-state index contributed by atoms with van der Waals surface area (Å²) < 4.78 is 38.2. The summed E-state index contributed by atoms with van der Waals surface area (Å²) >= 11 is 0. The lowest BCUT2D eigenvalue weighted by Gasteiger charge is -2.28. The van der Waals surface area contributed by atoms with Crippen molar-refractivity contribution in [2.24, 2.45) is 11.7 Å². The maximum absolute atomic E-state index is 12.7. The van der Waals surface area contributed by atoms with Gasteiger partial charge in [0.25, 0.3) is 5.91 Å². The molecule has 110 valence electrons. The number of nitrogens with two attached hydrogens (primary N) is 1. The van der Waals surface area contributed by atoms with Crippen LogP contribution >= 0.6 is 0 Å². The van der Waals surface area contributed by atoms with Crippen molar-refractivity contribution in [1.82, 2.24) is 4.98 Å². The maximum atomic E-state index is 12.7. The van der Waals surface area contributed by atoms with Crippen molar-refractivity contribution in [3.63, 3.8) is 0 Å². The number of carbonyl (C=O) groups excluding carboxylic acids is 1. The van der Waals surface area contributed by atoms with Gasteiger partial charge in [0.2, 0.25) is 0 Å². The topological polar surface area (TPSA) is 59.2 Å². The zero-order chi connectivity index (χ0) is 15.1. The Labute approximate surface area is 114 Å². The van der Waals surface area contributed by atoms with Crippen LogP contribution in [0.4, 0.5) is 19.0 Å². The number of alkyl halides is 3. The van der Waals surface area contributed by atoms with Gasteiger partial charge >= 0.3 is 6.18 Å². The first-order valence-corrected chi connectivity index (χ1v) is 6.32. The number of amides is 1. The van der Waals surface area contributed by atoms with Crippen LogP contribution in [-0.2, 0) is 6.18 Å². The molecule has 0 saturated heterocycles. The number of halogens is 3. The molecule has 1 aromatic rings. The van der Waals surface area contributed by atoms with Crippen LogP contribution in [0, 0.1) is 5.92 Å². The van der Waals surface area contributed by atoms with E-state index < -0.39 is 17.8 Å². The predicted molar refractivity (Wildman–Crippen MR) is 68.3 cm³/mol. The highest BCUT2D eigenvalue weighted by Crippen LogP contribution is 2.37. The average Bonchev–Trinajstić information content (AvgIpc) is 3.19. The highest BCUT2D eigenvalue weighted by Gasteiger charge is 2.36. The minimum atomic E-state index is -4.55. The Bertz CT molecular complexity index is 526. The lowest BCUT2D eigenvalue weighted by molar-refractivity contribution is -0.141. The van der Waals surface area contributed by atoms with Crippen LogP contribution in [0.1, 0.15) is 35.8 Å². The molecule has 1 atom stereocenters. The molecule has 1 heterocycles. The second kappa shape index (κ2) is 4.96. The molecule has 1 aliphatic carbocycles. The van der Waals surface area contributed by atoms with Gasteiger partial charge in [0, 0.05) is 13.1 Å². The number of primary amides is 1. The molecule has 4 nitrogen and oxygen atoms in total. The van der Waals surface area contributed by atoms with Crippen molar-refractivity contribution in [2.45, 2.75) is 32.0 Å². The summed E-state index contributed by atoms with van der Waals surface area (Å²) in [6.07, 6.45) is -2.47. The van der Waals surface area contributed by atoms with Crippen LogP contribution < -0.4 is 10.6 Å². The Balaban J connectivity index is 2.43. The van der Waals surface area contributed by atoms with E-state index in [-0.39, 0.29) is 17.4 Å². The number of anilines is 1. The Morgan fingerprint density at radius 1 is 1.45 bits per heavy atom. The normalized spacial score (nSPS) is 16.9. The number of nitrogens with zero attached hydrogens (tertiary/aromatic N) is 2. The second-order valence-corrected chi connectivity index (χ2v) is 5.12. The van der Waals surface area contributed by atoms with E-state index >= 15 is 0 Å². The first kappa shape index (κ1) is 14.6. The van der Waals surface area contributed by atoms with Gasteiger partial charge in [-0.2, -0.15) is 13.2 Å². The molecule has 20 heavy (non-hydrogen) atoms. The van der Waals surface area contributed by atoms with E-state index in [2.05, 4.69) is 4.98 Å². The number of carbonyl (C=O) groups is 1. The molecule has 1 aromatic heterocycles. The van der Waals surface area contributed by atoms with Gasteiger partial charge in [-0.1, -0.05) is 0 Å². The minimum Gasteiger partial charge on any atom is -0.365 e. The van der Waals surface area contributed by atoms with Crippen molar-refractivity contribution < 1.29 is 18.0 Å². The van der Waals surface area contributed by atoms with Crippen molar-refractivity contribution in [1.29, 1.82) is 0 Å². The molecule has 0 aromatic carbocycles. The van der Waals surface area contributed by atoms with Gasteiger partial charge in [0.05, 0.1) is 5.56 Å². The van der Waals surface area contributed by atoms with Gasteiger partial charge in [0.15, 0.2) is 0 Å². The maximum Gasteiger partial charge on any atom is 0.433 e. The molecular formula is C13H16F3N3O. The van der Waals surface area contributed by atoms with Crippen LogP contribution in [0.15, 0.2) is 12.1 Å². The molecule has 1 saturated carbocycles. The summed E-state index contributed by atoms with van der Waals surface area (Å²) in [4.78, 5) is 16.6. The summed E-state index contributed by atoms with van der Waals surface area (Å²) in [5.74, 6) is -0.361. The lowest BCUT2D eigenvalue weighted by Crippen LogP contribution is -2.34. The van der Waals surface area contributed by atoms with E-state index in [1.807, 2.05) is 6.92 Å². The second-order valence-electron chi connectivity index (χ2n) is 5.12. The average molecular weight is 287 g/mol. The van der Waals surface area contributed by atoms with Gasteiger partial charge in [-0.05, 0) is 37.8 Å². The summed E-state index contributed by atoms with van der Waals surface area (Å²) in [7, 11) is 1.64. The third kappa shape index (κ3) is 2.86. The Morgan fingerprint density at radius 2 is 2.05 bits per heavy atom. The Kier molecular flexibility index (Phi) is 3.62. The quantitative estimate of drug-likeness (QED) is 0.925. The molecule has 0 bridgehead atoms. The minimum absolute atomic E-state index is 0.00741. The first-order chi connectivity index (χ1) is 9.21. The van der Waals surface area contributed by atoms with Crippen molar-refractivity contribution >= 4 is 11.7 Å². The fourth-order valence-corrected chi connectivity index (χ4v) is 2.16.